The number of hydrogen-bond donors (Lipinski definition) is 1. The molecule has 0 bridgehead atoms. The van der Waals surface area contributed by atoms with Gasteiger partial charge in [0.1, 0.15) is 5.82 Å². The van der Waals surface area contributed by atoms with Crippen LogP contribution in [0, 0.1) is 5.92 Å². The van der Waals surface area contributed by atoms with Gasteiger partial charge in [-0.2, -0.15) is 13.2 Å². The number of amides is 1. The Morgan fingerprint density at radius 2 is 1.76 bits per heavy atom. The molecule has 3 heterocycles. The van der Waals surface area contributed by atoms with E-state index in [0.717, 1.165) is 49.8 Å². The molecule has 2 fully saturated rings. The number of benzene rings is 1. The van der Waals surface area contributed by atoms with E-state index in [-0.39, 0.29) is 16.8 Å². The molecule has 1 aromatic heterocycles. The zero-order chi connectivity index (χ0) is 23.4. The maximum Gasteiger partial charge on any atom is 0.417 e. The molecule has 2 aromatic rings. The van der Waals surface area contributed by atoms with Gasteiger partial charge < -0.3 is 19.9 Å². The van der Waals surface area contributed by atoms with Crippen LogP contribution in [0.3, 0.4) is 0 Å². The van der Waals surface area contributed by atoms with Gasteiger partial charge in [-0.3, -0.25) is 4.79 Å². The average Bonchev–Trinajstić information content (AvgIpc) is 2.83. The van der Waals surface area contributed by atoms with Gasteiger partial charge in [-0.25, -0.2) is 4.98 Å². The number of piperidine rings is 1. The lowest BCUT2D eigenvalue weighted by atomic mass is 9.95. The first-order valence-electron chi connectivity index (χ1n) is 11.0. The van der Waals surface area contributed by atoms with Gasteiger partial charge in [0.05, 0.1) is 23.8 Å². The van der Waals surface area contributed by atoms with Crippen molar-refractivity contribution in [1.82, 2.24) is 10.3 Å². The van der Waals surface area contributed by atoms with Crippen LogP contribution in [0.25, 0.3) is 0 Å². The molecule has 1 aromatic carbocycles. The summed E-state index contributed by atoms with van der Waals surface area (Å²) in [7, 11) is 0. The Bertz CT molecular complexity index is 957. The lowest BCUT2D eigenvalue weighted by Gasteiger charge is -2.32. The summed E-state index contributed by atoms with van der Waals surface area (Å²) in [5.74, 6) is 0.157. The van der Waals surface area contributed by atoms with E-state index < -0.39 is 11.7 Å². The van der Waals surface area contributed by atoms with Gasteiger partial charge in [-0.15, -0.1) is 0 Å². The van der Waals surface area contributed by atoms with E-state index in [9.17, 15) is 18.0 Å². The fourth-order valence-electron chi connectivity index (χ4n) is 4.15. The molecule has 10 heteroatoms. The smallest absolute Gasteiger partial charge is 0.378 e. The molecule has 1 N–H and O–H groups in total. The van der Waals surface area contributed by atoms with E-state index in [4.69, 9.17) is 16.3 Å². The van der Waals surface area contributed by atoms with Gasteiger partial charge in [0.25, 0.3) is 0 Å². The number of nitrogens with zero attached hydrogens (tertiary/aromatic N) is 3. The standard InChI is InChI=1S/C23H26ClF3N4O2/c24-20-13-18(23(25,26)27)15-28-21(20)31-7-5-17(6-8-31)22(32)29-14-16-1-3-19(4-2-16)30-9-11-33-12-10-30/h1-4,13,15,17H,5-12,14H2,(H,29,32). The molecule has 0 aliphatic carbocycles. The summed E-state index contributed by atoms with van der Waals surface area (Å²) in [6, 6.07) is 9.06. The van der Waals surface area contributed by atoms with Crippen molar-refractivity contribution in [3.8, 4) is 0 Å². The summed E-state index contributed by atoms with van der Waals surface area (Å²) in [5, 5.41) is 2.97. The number of ether oxygens (including phenoxy) is 1. The Hall–Kier alpha value is -2.52. The molecule has 2 aliphatic rings. The number of pyridine rings is 1. The number of aromatic nitrogens is 1. The molecular formula is C23H26ClF3N4O2. The molecule has 0 saturated carbocycles. The monoisotopic (exact) mass is 482 g/mol. The highest BCUT2D eigenvalue weighted by molar-refractivity contribution is 6.33. The van der Waals surface area contributed by atoms with E-state index in [0.29, 0.717) is 38.3 Å². The predicted molar refractivity (Wildman–Crippen MR) is 121 cm³/mol. The topological polar surface area (TPSA) is 57.7 Å². The summed E-state index contributed by atoms with van der Waals surface area (Å²) in [5.41, 5.74) is 1.30. The molecule has 6 nitrogen and oxygen atoms in total. The van der Waals surface area contributed by atoms with Crippen molar-refractivity contribution >= 4 is 29.0 Å². The average molecular weight is 483 g/mol. The van der Waals surface area contributed by atoms with Crippen LogP contribution in [-0.4, -0.2) is 50.3 Å². The van der Waals surface area contributed by atoms with E-state index in [1.165, 1.54) is 0 Å². The highest BCUT2D eigenvalue weighted by Gasteiger charge is 2.33. The predicted octanol–water partition coefficient (Wildman–Crippen LogP) is 4.12. The zero-order valence-corrected chi connectivity index (χ0v) is 18.8. The minimum absolute atomic E-state index is 0.0154. The normalized spacial score (nSPS) is 17.8. The Morgan fingerprint density at radius 1 is 1.09 bits per heavy atom. The van der Waals surface area contributed by atoms with Crippen LogP contribution < -0.4 is 15.1 Å². The van der Waals surface area contributed by atoms with Crippen molar-refractivity contribution in [1.29, 1.82) is 0 Å². The molecule has 178 valence electrons. The SMILES string of the molecule is O=C(NCc1ccc(N2CCOCC2)cc1)C1CCN(c2ncc(C(F)(F)F)cc2Cl)CC1. The number of anilines is 2. The number of carbonyl (C=O) groups excluding carboxylic acids is 1. The molecule has 0 atom stereocenters. The third-order valence-corrected chi connectivity index (χ3v) is 6.37. The molecule has 0 radical (unpaired) electrons. The largest absolute Gasteiger partial charge is 0.417 e. The first-order chi connectivity index (χ1) is 15.8. The molecule has 0 spiro atoms. The second kappa shape index (κ2) is 10.2. The maximum absolute atomic E-state index is 12.8. The van der Waals surface area contributed by atoms with Crippen LogP contribution >= 0.6 is 11.6 Å². The second-order valence-corrected chi connectivity index (χ2v) is 8.68. The third-order valence-electron chi connectivity index (χ3n) is 6.09. The van der Waals surface area contributed by atoms with Crippen LogP contribution in [0.1, 0.15) is 24.0 Å². The third kappa shape index (κ3) is 5.89. The Kier molecular flexibility index (Phi) is 7.29. The highest BCUT2D eigenvalue weighted by Crippen LogP contribution is 2.34. The van der Waals surface area contributed by atoms with Crippen molar-refractivity contribution in [2.45, 2.75) is 25.6 Å². The van der Waals surface area contributed by atoms with Gasteiger partial charge in [0.15, 0.2) is 0 Å². The van der Waals surface area contributed by atoms with Crippen molar-refractivity contribution in [3.05, 3.63) is 52.7 Å². The first-order valence-corrected chi connectivity index (χ1v) is 11.4. The van der Waals surface area contributed by atoms with Crippen molar-refractivity contribution in [2.75, 3.05) is 49.2 Å². The van der Waals surface area contributed by atoms with Gasteiger partial charge in [-0.1, -0.05) is 23.7 Å². The molecular weight excluding hydrogens is 457 g/mol. The molecule has 4 rings (SSSR count). The summed E-state index contributed by atoms with van der Waals surface area (Å²) >= 11 is 6.05. The fourth-order valence-corrected chi connectivity index (χ4v) is 4.44. The number of hydrogen-bond acceptors (Lipinski definition) is 5. The van der Waals surface area contributed by atoms with E-state index >= 15 is 0 Å². The second-order valence-electron chi connectivity index (χ2n) is 8.27. The summed E-state index contributed by atoms with van der Waals surface area (Å²) in [4.78, 5) is 20.7. The van der Waals surface area contributed by atoms with Gasteiger partial charge in [0.2, 0.25) is 5.91 Å². The zero-order valence-electron chi connectivity index (χ0n) is 18.1. The fraction of sp³-hybridized carbons (Fsp3) is 0.478. The van der Waals surface area contributed by atoms with Crippen LogP contribution in [0.2, 0.25) is 5.02 Å². The van der Waals surface area contributed by atoms with Gasteiger partial charge in [-0.05, 0) is 36.6 Å². The number of halogens is 4. The summed E-state index contributed by atoms with van der Waals surface area (Å²) < 4.78 is 43.8. The minimum Gasteiger partial charge on any atom is -0.378 e. The van der Waals surface area contributed by atoms with Gasteiger partial charge >= 0.3 is 6.18 Å². The van der Waals surface area contributed by atoms with Crippen LogP contribution in [0.4, 0.5) is 24.7 Å². The Morgan fingerprint density at radius 3 is 2.36 bits per heavy atom. The maximum atomic E-state index is 12.8. The quantitative estimate of drug-likeness (QED) is 0.694. The molecule has 0 unspecified atom stereocenters. The number of rotatable bonds is 5. The number of nitrogens with one attached hydrogen (secondary N) is 1. The Balaban J connectivity index is 1.26. The van der Waals surface area contributed by atoms with E-state index in [1.807, 2.05) is 17.0 Å². The number of alkyl halides is 3. The van der Waals surface area contributed by atoms with Crippen LogP contribution in [-0.2, 0) is 22.3 Å². The first kappa shape index (κ1) is 23.6. The summed E-state index contributed by atoms with van der Waals surface area (Å²) in [6.07, 6.45) is -2.52. The van der Waals surface area contributed by atoms with E-state index in [1.54, 1.807) is 0 Å². The number of carbonyl (C=O) groups is 1. The Labute approximate surface area is 195 Å². The minimum atomic E-state index is -4.48. The lowest BCUT2D eigenvalue weighted by Crippen LogP contribution is -2.40. The van der Waals surface area contributed by atoms with Crippen molar-refractivity contribution < 1.29 is 22.7 Å². The molecule has 33 heavy (non-hydrogen) atoms. The lowest BCUT2D eigenvalue weighted by molar-refractivity contribution is -0.137. The van der Waals surface area contributed by atoms with E-state index in [2.05, 4.69) is 27.3 Å². The molecule has 2 saturated heterocycles. The highest BCUT2D eigenvalue weighted by atomic mass is 35.5. The van der Waals surface area contributed by atoms with Crippen molar-refractivity contribution in [3.63, 3.8) is 0 Å². The van der Waals surface area contributed by atoms with Crippen LogP contribution in [0.15, 0.2) is 36.5 Å². The molecule has 2 aliphatic heterocycles. The van der Waals surface area contributed by atoms with Gasteiger partial charge in [0, 0.05) is 50.5 Å². The molecule has 1 amide bonds. The summed E-state index contributed by atoms with van der Waals surface area (Å²) in [6.45, 7) is 4.68. The van der Waals surface area contributed by atoms with Crippen molar-refractivity contribution in [2.24, 2.45) is 5.92 Å². The number of morpholine rings is 1. The van der Waals surface area contributed by atoms with Crippen LogP contribution in [0.5, 0.6) is 0 Å².